The van der Waals surface area contributed by atoms with Crippen LogP contribution in [0.3, 0.4) is 0 Å². The second-order valence-corrected chi connectivity index (χ2v) is 6.74. The Hall–Kier alpha value is -2.24. The molecule has 0 amide bonds. The lowest BCUT2D eigenvalue weighted by molar-refractivity contribution is -0.909. The van der Waals surface area contributed by atoms with E-state index >= 15 is 0 Å². The van der Waals surface area contributed by atoms with Crippen LogP contribution in [0.25, 0.3) is 10.5 Å². The van der Waals surface area contributed by atoms with E-state index < -0.39 is 0 Å². The van der Waals surface area contributed by atoms with Gasteiger partial charge in [-0.25, -0.2) is 4.98 Å². The van der Waals surface area contributed by atoms with Gasteiger partial charge in [-0.2, -0.15) is 0 Å². The van der Waals surface area contributed by atoms with Gasteiger partial charge < -0.3 is 4.90 Å². The number of benzene rings is 1. The predicted molar refractivity (Wildman–Crippen MR) is 92.8 cm³/mol. The van der Waals surface area contributed by atoms with E-state index in [9.17, 15) is 4.79 Å². The van der Waals surface area contributed by atoms with E-state index in [4.69, 9.17) is 0 Å². The second kappa shape index (κ2) is 6.10. The highest BCUT2D eigenvalue weighted by atomic mass is 32.1. The zero-order chi connectivity index (χ0) is 15.6. The molecule has 0 spiro atoms. The van der Waals surface area contributed by atoms with Crippen molar-refractivity contribution in [1.29, 1.82) is 0 Å². The first-order valence-corrected chi connectivity index (χ1v) is 8.71. The van der Waals surface area contributed by atoms with Crippen LogP contribution in [0, 0.1) is 0 Å². The third-order valence-electron chi connectivity index (χ3n) is 4.32. The molecule has 0 saturated carbocycles. The van der Waals surface area contributed by atoms with Gasteiger partial charge in [0.05, 0.1) is 13.1 Å². The molecule has 1 N–H and O–H groups in total. The van der Waals surface area contributed by atoms with Crippen LogP contribution in [-0.2, 0) is 6.54 Å². The first-order chi connectivity index (χ1) is 11.3. The van der Waals surface area contributed by atoms with Crippen molar-refractivity contribution in [3.8, 4) is 0 Å². The summed E-state index contributed by atoms with van der Waals surface area (Å²) in [5, 5.41) is 1.90. The highest BCUT2D eigenvalue weighted by molar-refractivity contribution is 7.15. The third-order valence-corrected chi connectivity index (χ3v) is 5.07. The van der Waals surface area contributed by atoms with Gasteiger partial charge in [0.2, 0.25) is 0 Å². The summed E-state index contributed by atoms with van der Waals surface area (Å²) in [6.45, 7) is 2.87. The molecule has 5 heteroatoms. The van der Waals surface area contributed by atoms with Gasteiger partial charge in [-0.3, -0.25) is 9.20 Å². The van der Waals surface area contributed by atoms with Crippen molar-refractivity contribution in [2.45, 2.75) is 13.0 Å². The van der Waals surface area contributed by atoms with Crippen LogP contribution in [0.15, 0.2) is 58.8 Å². The molecule has 0 fully saturated rings. The molecule has 0 radical (unpaired) electrons. The van der Waals surface area contributed by atoms with E-state index in [1.54, 1.807) is 16.7 Å². The van der Waals surface area contributed by atoms with Crippen LogP contribution in [0.1, 0.15) is 17.7 Å². The standard InChI is InChI=1S/C18H17N3OS/c22-17-12-16(19-18-21(17)10-11-23-18)13-20-8-6-15(7-9-20)14-4-2-1-3-5-14/h1-6,10-12H,7-9,13H2/p+1. The monoisotopic (exact) mass is 324 g/mol. The molecule has 3 heterocycles. The van der Waals surface area contributed by atoms with Gasteiger partial charge in [0, 0.05) is 24.1 Å². The fourth-order valence-electron chi connectivity index (χ4n) is 3.09. The smallest absolute Gasteiger partial charge is 0.258 e. The molecule has 116 valence electrons. The summed E-state index contributed by atoms with van der Waals surface area (Å²) in [4.78, 5) is 18.9. The molecule has 1 aliphatic heterocycles. The Morgan fingerprint density at radius 2 is 2.13 bits per heavy atom. The van der Waals surface area contributed by atoms with Crippen molar-refractivity contribution < 1.29 is 4.90 Å². The van der Waals surface area contributed by atoms with E-state index in [0.29, 0.717) is 0 Å². The average Bonchev–Trinajstić information content (AvgIpc) is 3.05. The maximum atomic E-state index is 12.0. The summed E-state index contributed by atoms with van der Waals surface area (Å²) in [5.41, 5.74) is 3.66. The van der Waals surface area contributed by atoms with E-state index in [0.717, 1.165) is 36.7 Å². The van der Waals surface area contributed by atoms with Crippen LogP contribution < -0.4 is 10.5 Å². The van der Waals surface area contributed by atoms with Gasteiger partial charge in [-0.1, -0.05) is 30.3 Å². The minimum absolute atomic E-state index is 0.0168. The topological polar surface area (TPSA) is 38.8 Å². The zero-order valence-corrected chi connectivity index (χ0v) is 13.6. The van der Waals surface area contributed by atoms with Gasteiger partial charge in [-0.05, 0) is 17.2 Å². The molecular weight excluding hydrogens is 306 g/mol. The van der Waals surface area contributed by atoms with Crippen molar-refractivity contribution in [1.82, 2.24) is 9.38 Å². The van der Waals surface area contributed by atoms with Gasteiger partial charge in [0.25, 0.3) is 5.56 Å². The van der Waals surface area contributed by atoms with Crippen molar-refractivity contribution in [3.05, 3.63) is 75.7 Å². The van der Waals surface area contributed by atoms with Gasteiger partial charge in [0.15, 0.2) is 4.96 Å². The highest BCUT2D eigenvalue weighted by Crippen LogP contribution is 2.17. The predicted octanol–water partition coefficient (Wildman–Crippen LogP) is 1.63. The molecule has 23 heavy (non-hydrogen) atoms. The Morgan fingerprint density at radius 3 is 2.91 bits per heavy atom. The molecule has 0 saturated heterocycles. The molecule has 0 bridgehead atoms. The van der Waals surface area contributed by atoms with Crippen LogP contribution in [0.2, 0.25) is 0 Å². The molecule has 4 nitrogen and oxygen atoms in total. The van der Waals surface area contributed by atoms with Crippen molar-refractivity contribution in [2.75, 3.05) is 13.1 Å². The number of hydrogen-bond donors (Lipinski definition) is 1. The van der Waals surface area contributed by atoms with E-state index in [2.05, 4.69) is 41.4 Å². The minimum atomic E-state index is 0.0168. The number of quaternary nitrogens is 1. The van der Waals surface area contributed by atoms with Crippen LogP contribution in [-0.4, -0.2) is 22.5 Å². The number of nitrogens with zero attached hydrogens (tertiary/aromatic N) is 2. The average molecular weight is 324 g/mol. The zero-order valence-electron chi connectivity index (χ0n) is 12.7. The Labute approximate surface area is 138 Å². The van der Waals surface area contributed by atoms with Crippen molar-refractivity contribution in [2.24, 2.45) is 0 Å². The van der Waals surface area contributed by atoms with Crippen LogP contribution >= 0.6 is 11.3 Å². The van der Waals surface area contributed by atoms with Gasteiger partial charge in [0.1, 0.15) is 12.2 Å². The van der Waals surface area contributed by atoms with E-state index in [1.165, 1.54) is 27.4 Å². The van der Waals surface area contributed by atoms with Crippen LogP contribution in [0.5, 0.6) is 0 Å². The fraction of sp³-hybridized carbons (Fsp3) is 0.222. The third kappa shape index (κ3) is 2.98. The molecule has 2 aromatic heterocycles. The molecule has 4 rings (SSSR count). The fourth-order valence-corrected chi connectivity index (χ4v) is 3.83. The van der Waals surface area contributed by atoms with Crippen molar-refractivity contribution in [3.63, 3.8) is 0 Å². The Kier molecular flexibility index (Phi) is 3.81. The number of nitrogens with one attached hydrogen (secondary N) is 1. The number of fused-ring (bicyclic) bond motifs is 1. The van der Waals surface area contributed by atoms with E-state index in [1.807, 2.05) is 5.38 Å². The van der Waals surface area contributed by atoms with Gasteiger partial charge >= 0.3 is 0 Å². The van der Waals surface area contributed by atoms with Crippen molar-refractivity contribution >= 4 is 21.9 Å². The summed E-state index contributed by atoms with van der Waals surface area (Å²) in [5.74, 6) is 0. The Balaban J connectivity index is 1.50. The lowest BCUT2D eigenvalue weighted by Crippen LogP contribution is -3.11. The number of rotatable bonds is 3. The molecule has 1 aromatic carbocycles. The summed E-state index contributed by atoms with van der Waals surface area (Å²) >= 11 is 1.51. The highest BCUT2D eigenvalue weighted by Gasteiger charge is 2.17. The molecule has 1 aliphatic rings. The number of hydrogen-bond acceptors (Lipinski definition) is 3. The number of thiazole rings is 1. The molecule has 1 atom stereocenters. The lowest BCUT2D eigenvalue weighted by atomic mass is 9.99. The second-order valence-electron chi connectivity index (χ2n) is 5.87. The Bertz CT molecular complexity index is 911. The van der Waals surface area contributed by atoms with Crippen LogP contribution in [0.4, 0.5) is 0 Å². The maximum absolute atomic E-state index is 12.0. The first-order valence-electron chi connectivity index (χ1n) is 7.83. The van der Waals surface area contributed by atoms with E-state index in [-0.39, 0.29) is 5.56 Å². The Morgan fingerprint density at radius 1 is 1.26 bits per heavy atom. The SMILES string of the molecule is O=c1cc(C[NH+]2CC=C(c3ccccc3)CC2)nc2sccn12. The summed E-state index contributed by atoms with van der Waals surface area (Å²) < 4.78 is 1.60. The summed E-state index contributed by atoms with van der Waals surface area (Å²) in [6.07, 6.45) is 5.17. The summed E-state index contributed by atoms with van der Waals surface area (Å²) in [7, 11) is 0. The number of aromatic nitrogens is 2. The largest absolute Gasteiger partial charge is 0.326 e. The minimum Gasteiger partial charge on any atom is -0.326 e. The normalized spacial score (nSPS) is 18.1. The molecule has 0 aliphatic carbocycles. The maximum Gasteiger partial charge on any atom is 0.258 e. The molecular formula is C18H18N3OS+. The lowest BCUT2D eigenvalue weighted by Gasteiger charge is -2.23. The molecule has 3 aromatic rings. The molecule has 1 unspecified atom stereocenters. The first kappa shape index (κ1) is 14.4. The quantitative estimate of drug-likeness (QED) is 0.795. The summed E-state index contributed by atoms with van der Waals surface area (Å²) in [6, 6.07) is 12.2. The van der Waals surface area contributed by atoms with Gasteiger partial charge in [-0.15, -0.1) is 11.3 Å².